The Morgan fingerprint density at radius 3 is 2.53 bits per heavy atom. The molecule has 1 amide bonds. The Hall–Kier alpha value is -0.880. The summed E-state index contributed by atoms with van der Waals surface area (Å²) in [5.74, 6) is -0.105. The van der Waals surface area contributed by atoms with E-state index in [0.29, 0.717) is 5.56 Å². The number of hydrogen-bond donors (Lipinski definition) is 1. The van der Waals surface area contributed by atoms with Gasteiger partial charge in [0.1, 0.15) is 0 Å². The second-order valence-electron chi connectivity index (χ2n) is 4.40. The highest BCUT2D eigenvalue weighted by molar-refractivity contribution is 14.1. The summed E-state index contributed by atoms with van der Waals surface area (Å²) in [4.78, 5) is 12.2. The van der Waals surface area contributed by atoms with E-state index in [2.05, 4.69) is 43.8 Å². The van der Waals surface area contributed by atoms with Gasteiger partial charge in [-0.3, -0.25) is 4.79 Å². The number of halogens is 2. The number of aryl methyl sites for hydroxylation is 2. The molecule has 4 heteroatoms. The molecule has 2 rings (SSSR count). The third-order valence-corrected chi connectivity index (χ3v) is 4.62. The Balaban J connectivity index is 2.23. The third kappa shape index (κ3) is 3.57. The summed E-state index contributed by atoms with van der Waals surface area (Å²) in [7, 11) is 0. The van der Waals surface area contributed by atoms with Crippen LogP contribution in [0.4, 0.5) is 5.69 Å². The summed E-state index contributed by atoms with van der Waals surface area (Å²) in [6.45, 7) is 4.04. The van der Waals surface area contributed by atoms with Crippen LogP contribution in [-0.2, 0) is 0 Å². The average Bonchev–Trinajstić information content (AvgIpc) is 2.33. The van der Waals surface area contributed by atoms with Crippen LogP contribution in [0.25, 0.3) is 0 Å². The van der Waals surface area contributed by atoms with Gasteiger partial charge in [-0.15, -0.1) is 0 Å². The van der Waals surface area contributed by atoms with Gasteiger partial charge >= 0.3 is 0 Å². The molecule has 0 unspecified atom stereocenters. The van der Waals surface area contributed by atoms with Gasteiger partial charge in [-0.1, -0.05) is 12.1 Å². The Morgan fingerprint density at radius 1 is 1.16 bits per heavy atom. The van der Waals surface area contributed by atoms with Gasteiger partial charge in [-0.05, 0) is 87.8 Å². The first-order chi connectivity index (χ1) is 8.97. The van der Waals surface area contributed by atoms with Gasteiger partial charge in [0, 0.05) is 13.7 Å². The van der Waals surface area contributed by atoms with E-state index in [4.69, 9.17) is 0 Å². The van der Waals surface area contributed by atoms with Crippen molar-refractivity contribution in [1.82, 2.24) is 0 Å². The van der Waals surface area contributed by atoms with Crippen LogP contribution in [0.2, 0.25) is 0 Å². The van der Waals surface area contributed by atoms with Gasteiger partial charge in [0.15, 0.2) is 0 Å². The highest BCUT2D eigenvalue weighted by Gasteiger charge is 2.10. The Morgan fingerprint density at radius 2 is 1.89 bits per heavy atom. The maximum Gasteiger partial charge on any atom is 0.256 e. The van der Waals surface area contributed by atoms with E-state index >= 15 is 0 Å². The topological polar surface area (TPSA) is 29.1 Å². The second-order valence-corrected chi connectivity index (χ2v) is 6.42. The number of hydrogen-bond acceptors (Lipinski definition) is 1. The third-order valence-electron chi connectivity index (χ3n) is 2.80. The summed E-state index contributed by atoms with van der Waals surface area (Å²) >= 11 is 5.69. The van der Waals surface area contributed by atoms with Crippen LogP contribution in [0.1, 0.15) is 21.5 Å². The van der Waals surface area contributed by atoms with Crippen molar-refractivity contribution in [3.63, 3.8) is 0 Å². The molecule has 0 radical (unpaired) electrons. The number of amides is 1. The maximum atomic E-state index is 12.2. The SMILES string of the molecule is Cc1ccc(C(=O)Nc2ccc(C)c(I)c2)c(Br)c1. The minimum atomic E-state index is -0.105. The molecule has 0 heterocycles. The van der Waals surface area contributed by atoms with E-state index in [1.807, 2.05) is 50.2 Å². The van der Waals surface area contributed by atoms with Gasteiger partial charge in [0.25, 0.3) is 5.91 Å². The number of rotatable bonds is 2. The van der Waals surface area contributed by atoms with E-state index in [-0.39, 0.29) is 5.91 Å². The molecule has 2 nitrogen and oxygen atoms in total. The lowest BCUT2D eigenvalue weighted by molar-refractivity contribution is 0.102. The predicted octanol–water partition coefficient (Wildman–Crippen LogP) is 4.92. The van der Waals surface area contributed by atoms with Crippen molar-refractivity contribution in [1.29, 1.82) is 0 Å². The first kappa shape index (κ1) is 14.5. The van der Waals surface area contributed by atoms with E-state index in [0.717, 1.165) is 19.3 Å². The molecule has 2 aromatic carbocycles. The van der Waals surface area contributed by atoms with Crippen LogP contribution in [0.3, 0.4) is 0 Å². The quantitative estimate of drug-likeness (QED) is 0.674. The van der Waals surface area contributed by atoms with Crippen LogP contribution >= 0.6 is 38.5 Å². The molecule has 0 atom stereocenters. The summed E-state index contributed by atoms with van der Waals surface area (Å²) in [6.07, 6.45) is 0. The van der Waals surface area contributed by atoms with E-state index in [1.165, 1.54) is 5.56 Å². The molecule has 0 aromatic heterocycles. The summed E-state index contributed by atoms with van der Waals surface area (Å²) in [6, 6.07) is 11.6. The molecule has 1 N–H and O–H groups in total. The van der Waals surface area contributed by atoms with Gasteiger partial charge in [-0.2, -0.15) is 0 Å². The molecule has 0 aliphatic heterocycles. The number of carbonyl (C=O) groups is 1. The van der Waals surface area contributed by atoms with Crippen molar-refractivity contribution >= 4 is 50.1 Å². The Bertz CT molecular complexity index is 640. The highest BCUT2D eigenvalue weighted by atomic mass is 127. The smallest absolute Gasteiger partial charge is 0.256 e. The molecule has 0 bridgehead atoms. The van der Waals surface area contributed by atoms with Gasteiger partial charge in [0.05, 0.1) is 5.56 Å². The van der Waals surface area contributed by atoms with Crippen molar-refractivity contribution in [3.05, 3.63) is 61.1 Å². The highest BCUT2D eigenvalue weighted by Crippen LogP contribution is 2.21. The van der Waals surface area contributed by atoms with Crippen molar-refractivity contribution in [2.24, 2.45) is 0 Å². The van der Waals surface area contributed by atoms with Crippen molar-refractivity contribution < 1.29 is 4.79 Å². The lowest BCUT2D eigenvalue weighted by atomic mass is 10.1. The van der Waals surface area contributed by atoms with E-state index in [9.17, 15) is 4.79 Å². The first-order valence-corrected chi connectivity index (χ1v) is 7.68. The maximum absolute atomic E-state index is 12.2. The number of anilines is 1. The molecule has 0 aliphatic rings. The number of nitrogens with one attached hydrogen (secondary N) is 1. The number of carbonyl (C=O) groups excluding carboxylic acids is 1. The first-order valence-electron chi connectivity index (χ1n) is 5.81. The number of benzene rings is 2. The van der Waals surface area contributed by atoms with Crippen molar-refractivity contribution in [2.45, 2.75) is 13.8 Å². The normalized spacial score (nSPS) is 10.3. The zero-order chi connectivity index (χ0) is 14.0. The Labute approximate surface area is 134 Å². The molecular weight excluding hydrogens is 417 g/mol. The van der Waals surface area contributed by atoms with E-state index < -0.39 is 0 Å². The monoisotopic (exact) mass is 429 g/mol. The fourth-order valence-corrected chi connectivity index (χ4v) is 2.86. The molecule has 0 spiro atoms. The molecular formula is C15H13BrINO. The Kier molecular flexibility index (Phi) is 4.62. The molecule has 98 valence electrons. The van der Waals surface area contributed by atoms with Crippen molar-refractivity contribution in [3.8, 4) is 0 Å². The molecule has 0 saturated carbocycles. The van der Waals surface area contributed by atoms with Crippen LogP contribution < -0.4 is 5.32 Å². The molecule has 0 fully saturated rings. The zero-order valence-electron chi connectivity index (χ0n) is 10.6. The largest absolute Gasteiger partial charge is 0.322 e. The van der Waals surface area contributed by atoms with Gasteiger partial charge in [-0.25, -0.2) is 0 Å². The van der Waals surface area contributed by atoms with Crippen LogP contribution in [0.15, 0.2) is 40.9 Å². The second kappa shape index (κ2) is 6.05. The summed E-state index contributed by atoms with van der Waals surface area (Å²) in [5, 5.41) is 2.91. The fourth-order valence-electron chi connectivity index (χ4n) is 1.67. The zero-order valence-corrected chi connectivity index (χ0v) is 14.4. The minimum absolute atomic E-state index is 0.105. The average molecular weight is 430 g/mol. The predicted molar refractivity (Wildman–Crippen MR) is 90.7 cm³/mol. The van der Waals surface area contributed by atoms with Crippen LogP contribution in [0.5, 0.6) is 0 Å². The van der Waals surface area contributed by atoms with Crippen LogP contribution in [0, 0.1) is 17.4 Å². The van der Waals surface area contributed by atoms with Crippen LogP contribution in [-0.4, -0.2) is 5.91 Å². The molecule has 0 saturated heterocycles. The fraction of sp³-hybridized carbons (Fsp3) is 0.133. The summed E-state index contributed by atoms with van der Waals surface area (Å²) in [5.41, 5.74) is 3.78. The molecule has 2 aromatic rings. The molecule has 0 aliphatic carbocycles. The van der Waals surface area contributed by atoms with Gasteiger partial charge < -0.3 is 5.32 Å². The standard InChI is InChI=1S/C15H13BrINO/c1-9-3-6-12(13(16)7-9)15(19)18-11-5-4-10(2)14(17)8-11/h3-8H,1-2H3,(H,18,19). The lowest BCUT2D eigenvalue weighted by Gasteiger charge is -2.09. The van der Waals surface area contributed by atoms with Crippen molar-refractivity contribution in [2.75, 3.05) is 5.32 Å². The lowest BCUT2D eigenvalue weighted by Crippen LogP contribution is -2.12. The minimum Gasteiger partial charge on any atom is -0.322 e. The van der Waals surface area contributed by atoms with Gasteiger partial charge in [0.2, 0.25) is 0 Å². The van der Waals surface area contributed by atoms with E-state index in [1.54, 1.807) is 0 Å². The molecule has 19 heavy (non-hydrogen) atoms. The summed E-state index contributed by atoms with van der Waals surface area (Å²) < 4.78 is 1.95.